The van der Waals surface area contributed by atoms with E-state index in [1.807, 2.05) is 24.9 Å². The van der Waals surface area contributed by atoms with Gasteiger partial charge in [-0.25, -0.2) is 4.98 Å². The maximum Gasteiger partial charge on any atom is 0.202 e. The second-order valence-corrected chi connectivity index (χ2v) is 3.76. The number of nitrogens with one attached hydrogen (secondary N) is 1. The van der Waals surface area contributed by atoms with Gasteiger partial charge in [0, 0.05) is 36.4 Å². The zero-order chi connectivity index (χ0) is 9.97. The fourth-order valence-electron chi connectivity index (χ4n) is 1.14. The van der Waals surface area contributed by atoms with Crippen LogP contribution in [0, 0.1) is 6.92 Å². The molecule has 14 heavy (non-hydrogen) atoms. The second kappa shape index (κ2) is 3.75. The third kappa shape index (κ3) is 1.74. The van der Waals surface area contributed by atoms with E-state index in [-0.39, 0.29) is 0 Å². The lowest BCUT2D eigenvalue weighted by molar-refractivity contribution is 0.738. The molecule has 0 spiro atoms. The van der Waals surface area contributed by atoms with Crippen molar-refractivity contribution in [2.45, 2.75) is 13.5 Å². The van der Waals surface area contributed by atoms with Gasteiger partial charge in [0.05, 0.1) is 6.20 Å². The van der Waals surface area contributed by atoms with Crippen molar-refractivity contribution in [2.24, 2.45) is 7.05 Å². The standard InChI is InChI=1S/C8H11N5S/c1-6-7(4-11-13(6)2)3-9-8-10-5-12-14-8/h4-5H,3H2,1-2H3,(H,9,10,12). The molecule has 0 aliphatic rings. The predicted molar refractivity (Wildman–Crippen MR) is 55.2 cm³/mol. The summed E-state index contributed by atoms with van der Waals surface area (Å²) in [6.45, 7) is 2.79. The molecule has 2 aromatic rings. The first-order chi connectivity index (χ1) is 6.77. The average molecular weight is 209 g/mol. The summed E-state index contributed by atoms with van der Waals surface area (Å²) in [7, 11) is 1.93. The van der Waals surface area contributed by atoms with E-state index in [4.69, 9.17) is 0 Å². The summed E-state index contributed by atoms with van der Waals surface area (Å²) in [5, 5.41) is 8.19. The number of anilines is 1. The van der Waals surface area contributed by atoms with E-state index in [2.05, 4.69) is 19.8 Å². The highest BCUT2D eigenvalue weighted by molar-refractivity contribution is 7.09. The minimum absolute atomic E-state index is 0.745. The number of hydrogen-bond acceptors (Lipinski definition) is 5. The average Bonchev–Trinajstić information content (AvgIpc) is 2.77. The highest BCUT2D eigenvalue weighted by Gasteiger charge is 2.03. The first-order valence-electron chi connectivity index (χ1n) is 4.25. The van der Waals surface area contributed by atoms with Crippen LogP contribution in [0.3, 0.4) is 0 Å². The lowest BCUT2D eigenvalue weighted by Gasteiger charge is -2.01. The van der Waals surface area contributed by atoms with Crippen molar-refractivity contribution < 1.29 is 0 Å². The Labute approximate surface area is 86.0 Å². The van der Waals surface area contributed by atoms with Crippen molar-refractivity contribution in [3.63, 3.8) is 0 Å². The molecule has 0 unspecified atom stereocenters. The summed E-state index contributed by atoms with van der Waals surface area (Å²) in [5.41, 5.74) is 2.35. The first-order valence-corrected chi connectivity index (χ1v) is 5.02. The highest BCUT2D eigenvalue weighted by atomic mass is 32.1. The molecular formula is C8H11N5S. The smallest absolute Gasteiger partial charge is 0.202 e. The fourth-order valence-corrected chi connectivity index (χ4v) is 1.56. The van der Waals surface area contributed by atoms with Crippen LogP contribution in [-0.4, -0.2) is 19.1 Å². The molecule has 1 N–H and O–H groups in total. The van der Waals surface area contributed by atoms with E-state index in [0.717, 1.165) is 11.7 Å². The Balaban J connectivity index is 2.02. The van der Waals surface area contributed by atoms with Gasteiger partial charge in [-0.1, -0.05) is 0 Å². The molecule has 0 radical (unpaired) electrons. The topological polar surface area (TPSA) is 55.6 Å². The predicted octanol–water partition coefficient (Wildman–Crippen LogP) is 1.19. The summed E-state index contributed by atoms with van der Waals surface area (Å²) in [5.74, 6) is 0. The van der Waals surface area contributed by atoms with E-state index >= 15 is 0 Å². The summed E-state index contributed by atoms with van der Waals surface area (Å²) in [4.78, 5) is 4.04. The molecule has 0 aliphatic carbocycles. The van der Waals surface area contributed by atoms with Gasteiger partial charge in [-0.15, -0.1) is 0 Å². The molecule has 2 rings (SSSR count). The number of aryl methyl sites for hydroxylation is 1. The number of hydrogen-bond donors (Lipinski definition) is 1. The van der Waals surface area contributed by atoms with Gasteiger partial charge in [0.25, 0.3) is 0 Å². The van der Waals surface area contributed by atoms with Crippen molar-refractivity contribution in [3.05, 3.63) is 23.8 Å². The summed E-state index contributed by atoms with van der Waals surface area (Å²) in [6, 6.07) is 0. The van der Waals surface area contributed by atoms with Gasteiger partial charge in [0.2, 0.25) is 5.13 Å². The Kier molecular flexibility index (Phi) is 2.45. The zero-order valence-electron chi connectivity index (χ0n) is 8.06. The molecule has 0 saturated heterocycles. The van der Waals surface area contributed by atoms with Crippen LogP contribution in [0.4, 0.5) is 5.13 Å². The summed E-state index contributed by atoms with van der Waals surface area (Å²) in [6.07, 6.45) is 3.41. The van der Waals surface area contributed by atoms with Crippen LogP contribution in [0.1, 0.15) is 11.3 Å². The SMILES string of the molecule is Cc1c(CNc2ncns2)cnn1C. The van der Waals surface area contributed by atoms with Crippen LogP contribution >= 0.6 is 11.5 Å². The molecule has 2 aromatic heterocycles. The molecule has 6 heteroatoms. The van der Waals surface area contributed by atoms with Crippen LogP contribution in [-0.2, 0) is 13.6 Å². The number of aromatic nitrogens is 4. The molecule has 0 amide bonds. The van der Waals surface area contributed by atoms with E-state index in [1.165, 1.54) is 22.8 Å². The second-order valence-electron chi connectivity index (χ2n) is 2.98. The van der Waals surface area contributed by atoms with Gasteiger partial charge in [0.15, 0.2) is 0 Å². The largest absolute Gasteiger partial charge is 0.356 e. The Morgan fingerprint density at radius 2 is 2.43 bits per heavy atom. The van der Waals surface area contributed by atoms with E-state index in [9.17, 15) is 0 Å². The van der Waals surface area contributed by atoms with Crippen LogP contribution in [0.2, 0.25) is 0 Å². The van der Waals surface area contributed by atoms with Crippen molar-refractivity contribution in [3.8, 4) is 0 Å². The van der Waals surface area contributed by atoms with Gasteiger partial charge in [-0.2, -0.15) is 9.47 Å². The fraction of sp³-hybridized carbons (Fsp3) is 0.375. The highest BCUT2D eigenvalue weighted by Crippen LogP contribution is 2.11. The van der Waals surface area contributed by atoms with Gasteiger partial charge >= 0.3 is 0 Å². The Bertz CT molecular complexity index is 405. The van der Waals surface area contributed by atoms with Crippen LogP contribution in [0.25, 0.3) is 0 Å². The van der Waals surface area contributed by atoms with E-state index in [1.54, 1.807) is 6.33 Å². The Morgan fingerprint density at radius 3 is 3.00 bits per heavy atom. The molecule has 0 aromatic carbocycles. The third-order valence-corrected chi connectivity index (χ3v) is 2.75. The Morgan fingerprint density at radius 1 is 1.57 bits per heavy atom. The maximum atomic E-state index is 4.16. The number of nitrogens with zero attached hydrogens (tertiary/aromatic N) is 4. The molecule has 74 valence electrons. The minimum Gasteiger partial charge on any atom is -0.356 e. The first kappa shape index (κ1) is 9.14. The van der Waals surface area contributed by atoms with E-state index < -0.39 is 0 Å². The minimum atomic E-state index is 0.745. The normalized spacial score (nSPS) is 10.4. The lowest BCUT2D eigenvalue weighted by atomic mass is 10.2. The van der Waals surface area contributed by atoms with Crippen LogP contribution < -0.4 is 5.32 Å². The third-order valence-electron chi connectivity index (χ3n) is 2.13. The monoisotopic (exact) mass is 209 g/mol. The van der Waals surface area contributed by atoms with Gasteiger partial charge < -0.3 is 5.32 Å². The number of rotatable bonds is 3. The van der Waals surface area contributed by atoms with Crippen LogP contribution in [0.5, 0.6) is 0 Å². The van der Waals surface area contributed by atoms with Crippen LogP contribution in [0.15, 0.2) is 12.5 Å². The molecule has 0 atom stereocenters. The van der Waals surface area contributed by atoms with Gasteiger partial charge in [-0.3, -0.25) is 4.68 Å². The quantitative estimate of drug-likeness (QED) is 0.825. The summed E-state index contributed by atoms with van der Waals surface area (Å²) < 4.78 is 5.77. The molecule has 0 bridgehead atoms. The van der Waals surface area contributed by atoms with Crippen molar-refractivity contribution >= 4 is 16.7 Å². The maximum absolute atomic E-state index is 4.16. The lowest BCUT2D eigenvalue weighted by Crippen LogP contribution is -2.00. The molecular weight excluding hydrogens is 198 g/mol. The van der Waals surface area contributed by atoms with Gasteiger partial charge in [0.1, 0.15) is 6.33 Å². The Hall–Kier alpha value is -1.43. The van der Waals surface area contributed by atoms with Gasteiger partial charge in [-0.05, 0) is 6.92 Å². The van der Waals surface area contributed by atoms with E-state index in [0.29, 0.717) is 0 Å². The molecule has 2 heterocycles. The zero-order valence-corrected chi connectivity index (χ0v) is 8.88. The molecule has 0 aliphatic heterocycles. The van der Waals surface area contributed by atoms with Crippen molar-refractivity contribution in [2.75, 3.05) is 5.32 Å². The summed E-state index contributed by atoms with van der Waals surface area (Å²) >= 11 is 1.36. The molecule has 0 saturated carbocycles. The molecule has 0 fully saturated rings. The molecule has 5 nitrogen and oxygen atoms in total. The van der Waals surface area contributed by atoms with Crippen molar-refractivity contribution in [1.82, 2.24) is 19.1 Å². The van der Waals surface area contributed by atoms with Crippen molar-refractivity contribution in [1.29, 1.82) is 0 Å².